The van der Waals surface area contributed by atoms with Crippen molar-refractivity contribution >= 4 is 12.2 Å². The van der Waals surface area contributed by atoms with Crippen LogP contribution in [-0.2, 0) is 4.74 Å². The van der Waals surface area contributed by atoms with Gasteiger partial charge in [-0.1, -0.05) is 55.0 Å². The molecule has 2 amide bonds. The molecule has 1 aliphatic carbocycles. The number of carbonyl (C=O) groups excluding carboxylic acids is 1. The molecule has 0 aromatic heterocycles. The Hall–Kier alpha value is -3.06. The quantitative estimate of drug-likeness (QED) is 0.485. The third-order valence-electron chi connectivity index (χ3n) is 5.13. The van der Waals surface area contributed by atoms with Crippen LogP contribution in [0.3, 0.4) is 0 Å². The van der Waals surface area contributed by atoms with Gasteiger partial charge < -0.3 is 26.2 Å². The van der Waals surface area contributed by atoms with Crippen molar-refractivity contribution in [1.82, 2.24) is 10.6 Å². The average Bonchev–Trinajstić information content (AvgIpc) is 3.04. The van der Waals surface area contributed by atoms with Gasteiger partial charge in [0.1, 0.15) is 6.61 Å². The standard InChI is InChI=1S/C22H27N3O4/c23-15(13-25-21(26)27)7-5-6-12-24-22(28)29-14-20-18-10-3-1-8-16(18)17-9-2-4-11-19(17)20/h1-4,8-11,15,20,25H,5-7,12-14,23H2,(H,24,28)(H,26,27)/t15-/m0/s1. The van der Waals surface area contributed by atoms with Gasteiger partial charge in [-0.2, -0.15) is 0 Å². The highest BCUT2D eigenvalue weighted by Gasteiger charge is 2.28. The van der Waals surface area contributed by atoms with Crippen LogP contribution >= 0.6 is 0 Å². The molecule has 0 saturated carbocycles. The summed E-state index contributed by atoms with van der Waals surface area (Å²) >= 11 is 0. The number of nitrogens with two attached hydrogens (primary N) is 1. The van der Waals surface area contributed by atoms with E-state index in [4.69, 9.17) is 15.6 Å². The lowest BCUT2D eigenvalue weighted by Crippen LogP contribution is -2.36. The van der Waals surface area contributed by atoms with Crippen molar-refractivity contribution in [2.45, 2.75) is 31.2 Å². The van der Waals surface area contributed by atoms with Crippen molar-refractivity contribution in [3.05, 3.63) is 59.7 Å². The Morgan fingerprint density at radius 1 is 1.00 bits per heavy atom. The molecule has 3 rings (SSSR count). The number of benzene rings is 2. The van der Waals surface area contributed by atoms with Crippen molar-refractivity contribution in [3.8, 4) is 11.1 Å². The van der Waals surface area contributed by atoms with Crippen molar-refractivity contribution in [2.75, 3.05) is 19.7 Å². The number of fused-ring (bicyclic) bond motifs is 3. The summed E-state index contributed by atoms with van der Waals surface area (Å²) in [5.41, 5.74) is 10.6. The number of carboxylic acid groups (broad SMARTS) is 1. The molecule has 5 N–H and O–H groups in total. The highest BCUT2D eigenvalue weighted by Crippen LogP contribution is 2.44. The topological polar surface area (TPSA) is 114 Å². The Bertz CT molecular complexity index is 810. The number of nitrogens with one attached hydrogen (secondary N) is 2. The number of hydrogen-bond donors (Lipinski definition) is 4. The first kappa shape index (κ1) is 20.7. The second-order valence-corrected chi connectivity index (χ2v) is 7.19. The van der Waals surface area contributed by atoms with Gasteiger partial charge in [-0.05, 0) is 35.1 Å². The van der Waals surface area contributed by atoms with Gasteiger partial charge in [-0.25, -0.2) is 9.59 Å². The zero-order valence-corrected chi connectivity index (χ0v) is 16.3. The molecule has 7 heteroatoms. The fourth-order valence-corrected chi connectivity index (χ4v) is 3.69. The number of hydrogen-bond acceptors (Lipinski definition) is 4. The summed E-state index contributed by atoms with van der Waals surface area (Å²) in [6.45, 7) is 1.02. The molecule has 0 heterocycles. The lowest BCUT2D eigenvalue weighted by Gasteiger charge is -2.15. The normalized spacial score (nSPS) is 13.3. The smallest absolute Gasteiger partial charge is 0.407 e. The summed E-state index contributed by atoms with van der Waals surface area (Å²) in [7, 11) is 0. The lowest BCUT2D eigenvalue weighted by atomic mass is 9.98. The highest BCUT2D eigenvalue weighted by atomic mass is 16.5. The molecule has 2 aromatic carbocycles. The van der Waals surface area contributed by atoms with E-state index in [0.717, 1.165) is 12.8 Å². The number of amides is 2. The maximum Gasteiger partial charge on any atom is 0.407 e. The van der Waals surface area contributed by atoms with Gasteiger partial charge in [0.15, 0.2) is 0 Å². The van der Waals surface area contributed by atoms with Gasteiger partial charge in [0.05, 0.1) is 0 Å². The predicted octanol–water partition coefficient (Wildman–Crippen LogP) is 3.29. The molecule has 0 spiro atoms. The van der Waals surface area contributed by atoms with Crippen molar-refractivity contribution in [1.29, 1.82) is 0 Å². The summed E-state index contributed by atoms with van der Waals surface area (Å²) in [6, 6.07) is 16.2. The Morgan fingerprint density at radius 3 is 2.24 bits per heavy atom. The first-order valence-corrected chi connectivity index (χ1v) is 9.87. The molecule has 1 aliphatic rings. The largest absolute Gasteiger partial charge is 0.465 e. The molecule has 1 atom stereocenters. The molecule has 2 aromatic rings. The molecule has 0 aliphatic heterocycles. The number of carbonyl (C=O) groups is 2. The van der Waals surface area contributed by atoms with E-state index >= 15 is 0 Å². The molecule has 154 valence electrons. The first-order valence-electron chi connectivity index (χ1n) is 9.87. The lowest BCUT2D eigenvalue weighted by molar-refractivity contribution is 0.143. The fourth-order valence-electron chi connectivity index (χ4n) is 3.69. The molecular weight excluding hydrogens is 370 g/mol. The summed E-state index contributed by atoms with van der Waals surface area (Å²) in [6.07, 6.45) is 0.741. The molecular formula is C22H27N3O4. The summed E-state index contributed by atoms with van der Waals surface area (Å²) < 4.78 is 5.48. The van der Waals surface area contributed by atoms with Gasteiger partial charge in [-0.3, -0.25) is 0 Å². The number of unbranched alkanes of at least 4 members (excludes halogenated alkanes) is 1. The summed E-state index contributed by atoms with van der Waals surface area (Å²) in [5.74, 6) is 0.0490. The molecule has 0 saturated heterocycles. The summed E-state index contributed by atoms with van der Waals surface area (Å²) in [4.78, 5) is 22.5. The van der Waals surface area contributed by atoms with E-state index in [2.05, 4.69) is 34.9 Å². The van der Waals surface area contributed by atoms with E-state index in [1.807, 2.05) is 24.3 Å². The first-order chi connectivity index (χ1) is 14.1. The van der Waals surface area contributed by atoms with E-state index in [1.54, 1.807) is 0 Å². The molecule has 7 nitrogen and oxygen atoms in total. The Balaban J connectivity index is 1.40. The van der Waals surface area contributed by atoms with E-state index in [1.165, 1.54) is 22.3 Å². The minimum absolute atomic E-state index is 0.0490. The van der Waals surface area contributed by atoms with Crippen LogP contribution < -0.4 is 16.4 Å². The van der Waals surface area contributed by atoms with Crippen LogP contribution in [0.1, 0.15) is 36.3 Å². The van der Waals surface area contributed by atoms with E-state index in [-0.39, 0.29) is 18.5 Å². The van der Waals surface area contributed by atoms with E-state index in [9.17, 15) is 9.59 Å². The molecule has 0 unspecified atom stereocenters. The van der Waals surface area contributed by atoms with Crippen LogP contribution in [-0.4, -0.2) is 43.0 Å². The zero-order chi connectivity index (χ0) is 20.6. The van der Waals surface area contributed by atoms with Gasteiger partial charge >= 0.3 is 12.2 Å². The number of alkyl carbamates (subject to hydrolysis) is 1. The third kappa shape index (κ3) is 5.48. The van der Waals surface area contributed by atoms with Crippen LogP contribution in [0.15, 0.2) is 48.5 Å². The van der Waals surface area contributed by atoms with Crippen LogP contribution in [0.5, 0.6) is 0 Å². The predicted molar refractivity (Wildman–Crippen MR) is 111 cm³/mol. The van der Waals surface area contributed by atoms with Crippen molar-refractivity contribution in [3.63, 3.8) is 0 Å². The van der Waals surface area contributed by atoms with Gasteiger partial charge in [0, 0.05) is 25.0 Å². The number of rotatable bonds is 9. The van der Waals surface area contributed by atoms with Gasteiger partial charge in [-0.15, -0.1) is 0 Å². The minimum atomic E-state index is -1.07. The van der Waals surface area contributed by atoms with Gasteiger partial charge in [0.25, 0.3) is 0 Å². The van der Waals surface area contributed by atoms with Crippen LogP contribution in [0.4, 0.5) is 9.59 Å². The second-order valence-electron chi connectivity index (χ2n) is 7.19. The fraction of sp³-hybridized carbons (Fsp3) is 0.364. The van der Waals surface area contributed by atoms with E-state index in [0.29, 0.717) is 19.6 Å². The Morgan fingerprint density at radius 2 is 1.62 bits per heavy atom. The molecule has 0 fully saturated rings. The summed E-state index contributed by atoms with van der Waals surface area (Å²) in [5, 5.41) is 13.6. The zero-order valence-electron chi connectivity index (χ0n) is 16.3. The highest BCUT2D eigenvalue weighted by molar-refractivity contribution is 5.79. The number of ether oxygens (including phenoxy) is 1. The van der Waals surface area contributed by atoms with E-state index < -0.39 is 12.2 Å². The molecule has 29 heavy (non-hydrogen) atoms. The Kier molecular flexibility index (Phi) is 7.08. The maximum atomic E-state index is 12.1. The monoisotopic (exact) mass is 397 g/mol. The average molecular weight is 397 g/mol. The maximum absolute atomic E-state index is 12.1. The SMILES string of the molecule is N[C@@H](CCCCNC(=O)OCC1c2ccccc2-c2ccccc21)CNC(=O)O. The van der Waals surface area contributed by atoms with Gasteiger partial charge in [0.2, 0.25) is 0 Å². The van der Waals surface area contributed by atoms with Crippen LogP contribution in [0.2, 0.25) is 0 Å². The van der Waals surface area contributed by atoms with Crippen molar-refractivity contribution < 1.29 is 19.4 Å². The minimum Gasteiger partial charge on any atom is -0.465 e. The molecule has 0 bridgehead atoms. The third-order valence-corrected chi connectivity index (χ3v) is 5.13. The van der Waals surface area contributed by atoms with Crippen LogP contribution in [0, 0.1) is 0 Å². The molecule has 0 radical (unpaired) electrons. The van der Waals surface area contributed by atoms with Crippen molar-refractivity contribution in [2.24, 2.45) is 5.73 Å². The second kappa shape index (κ2) is 9.93. The Labute approximate surface area is 170 Å². The van der Waals surface area contributed by atoms with Crippen LogP contribution in [0.25, 0.3) is 11.1 Å².